The molecule has 8 heteroatoms. The van der Waals surface area contributed by atoms with Gasteiger partial charge in [0.05, 0.1) is 12.1 Å². The predicted molar refractivity (Wildman–Crippen MR) is 58.5 cm³/mol. The molecule has 3 unspecified atom stereocenters. The minimum absolute atomic E-state index is 0.412. The number of H-pyrrole nitrogens is 1. The summed E-state index contributed by atoms with van der Waals surface area (Å²) in [5, 5.41) is 13.1. The van der Waals surface area contributed by atoms with Crippen LogP contribution in [0.3, 0.4) is 0 Å². The molecular formula is C9H11N5O3. The van der Waals surface area contributed by atoms with Crippen LogP contribution in [0.5, 0.6) is 0 Å². The van der Waals surface area contributed by atoms with E-state index in [1.807, 2.05) is 0 Å². The number of hydrogen-bond donors (Lipinski definition) is 2. The first-order valence-corrected chi connectivity index (χ1v) is 5.17. The fourth-order valence-corrected chi connectivity index (χ4v) is 2.15. The standard InChI is InChI=1S/C9H11N5O3/c10-13-12-8-5(1-2-6(8)15)14-4-3-7(16)11-9(14)17/h3-6,8,15H,1-2H2,(H,11,16,17). The zero-order chi connectivity index (χ0) is 12.4. The number of rotatable bonds is 2. The number of nitrogens with one attached hydrogen (secondary N) is 1. The van der Waals surface area contributed by atoms with Crippen LogP contribution in [0.1, 0.15) is 18.9 Å². The van der Waals surface area contributed by atoms with Gasteiger partial charge in [0.2, 0.25) is 0 Å². The molecule has 90 valence electrons. The molecule has 17 heavy (non-hydrogen) atoms. The lowest BCUT2D eigenvalue weighted by atomic mass is 10.1. The molecular weight excluding hydrogens is 226 g/mol. The predicted octanol–water partition coefficient (Wildman–Crippen LogP) is -0.0887. The zero-order valence-electron chi connectivity index (χ0n) is 8.85. The van der Waals surface area contributed by atoms with Gasteiger partial charge < -0.3 is 5.11 Å². The normalized spacial score (nSPS) is 27.7. The summed E-state index contributed by atoms with van der Waals surface area (Å²) >= 11 is 0. The van der Waals surface area contributed by atoms with Crippen LogP contribution in [-0.2, 0) is 0 Å². The molecule has 1 saturated carbocycles. The average Bonchev–Trinajstić information content (AvgIpc) is 2.62. The van der Waals surface area contributed by atoms with Crippen molar-refractivity contribution in [3.8, 4) is 0 Å². The molecule has 1 aromatic rings. The van der Waals surface area contributed by atoms with Crippen LogP contribution in [-0.4, -0.2) is 26.8 Å². The van der Waals surface area contributed by atoms with E-state index < -0.39 is 29.4 Å². The van der Waals surface area contributed by atoms with Crippen LogP contribution < -0.4 is 11.2 Å². The van der Waals surface area contributed by atoms with Crippen molar-refractivity contribution >= 4 is 0 Å². The lowest BCUT2D eigenvalue weighted by Crippen LogP contribution is -2.35. The molecule has 1 aliphatic carbocycles. The first kappa shape index (κ1) is 11.4. The number of aliphatic hydroxyl groups excluding tert-OH is 1. The molecule has 1 aromatic heterocycles. The van der Waals surface area contributed by atoms with Crippen LogP contribution in [0.4, 0.5) is 0 Å². The van der Waals surface area contributed by atoms with Crippen molar-refractivity contribution in [2.75, 3.05) is 0 Å². The van der Waals surface area contributed by atoms with Gasteiger partial charge in [0.1, 0.15) is 0 Å². The third kappa shape index (κ3) is 2.08. The van der Waals surface area contributed by atoms with Crippen LogP contribution in [0.25, 0.3) is 10.4 Å². The third-order valence-corrected chi connectivity index (χ3v) is 2.94. The van der Waals surface area contributed by atoms with Gasteiger partial charge in [-0.2, -0.15) is 0 Å². The fraction of sp³-hybridized carbons (Fsp3) is 0.556. The van der Waals surface area contributed by atoms with E-state index in [2.05, 4.69) is 15.0 Å². The Kier molecular flexibility index (Phi) is 2.99. The van der Waals surface area contributed by atoms with Gasteiger partial charge in [0, 0.05) is 23.2 Å². The third-order valence-electron chi connectivity index (χ3n) is 2.94. The summed E-state index contributed by atoms with van der Waals surface area (Å²) in [5.41, 5.74) is 7.38. The summed E-state index contributed by atoms with van der Waals surface area (Å²) in [6, 6.07) is 0.132. The summed E-state index contributed by atoms with van der Waals surface area (Å²) in [7, 11) is 0. The van der Waals surface area contributed by atoms with Gasteiger partial charge >= 0.3 is 5.69 Å². The topological polar surface area (TPSA) is 124 Å². The molecule has 0 aromatic carbocycles. The maximum Gasteiger partial charge on any atom is 0.328 e. The number of hydrogen-bond acceptors (Lipinski definition) is 4. The van der Waals surface area contributed by atoms with Crippen molar-refractivity contribution in [1.29, 1.82) is 0 Å². The Morgan fingerprint density at radius 2 is 2.29 bits per heavy atom. The highest BCUT2D eigenvalue weighted by Gasteiger charge is 2.35. The Bertz CT molecular complexity index is 570. The fourth-order valence-electron chi connectivity index (χ4n) is 2.15. The van der Waals surface area contributed by atoms with Crippen LogP contribution in [0.15, 0.2) is 27.0 Å². The van der Waals surface area contributed by atoms with Crippen molar-refractivity contribution in [2.45, 2.75) is 31.0 Å². The van der Waals surface area contributed by atoms with Gasteiger partial charge in [-0.05, 0) is 18.4 Å². The number of nitrogens with zero attached hydrogens (tertiary/aromatic N) is 4. The minimum atomic E-state index is -0.755. The smallest absolute Gasteiger partial charge is 0.328 e. The Hall–Kier alpha value is -2.05. The van der Waals surface area contributed by atoms with Gasteiger partial charge in [0.25, 0.3) is 5.56 Å². The molecule has 0 bridgehead atoms. The first-order valence-electron chi connectivity index (χ1n) is 5.17. The Balaban J connectivity index is 2.42. The van der Waals surface area contributed by atoms with Crippen molar-refractivity contribution in [3.05, 3.63) is 43.5 Å². The average molecular weight is 237 g/mol. The molecule has 1 aliphatic rings. The second-order valence-electron chi connectivity index (χ2n) is 3.92. The Morgan fingerprint density at radius 3 is 2.94 bits per heavy atom. The molecule has 1 fully saturated rings. The van der Waals surface area contributed by atoms with E-state index in [4.69, 9.17) is 5.53 Å². The summed E-state index contributed by atoms with van der Waals surface area (Å²) in [6.45, 7) is 0. The largest absolute Gasteiger partial charge is 0.393 e. The van der Waals surface area contributed by atoms with E-state index in [-0.39, 0.29) is 0 Å². The highest BCUT2D eigenvalue weighted by molar-refractivity contribution is 4.97. The summed E-state index contributed by atoms with van der Waals surface area (Å²) in [4.78, 5) is 27.3. The van der Waals surface area contributed by atoms with Crippen LogP contribution >= 0.6 is 0 Å². The lowest BCUT2D eigenvalue weighted by molar-refractivity contribution is 0.156. The van der Waals surface area contributed by atoms with Crippen molar-refractivity contribution in [2.24, 2.45) is 5.11 Å². The van der Waals surface area contributed by atoms with Crippen molar-refractivity contribution < 1.29 is 5.11 Å². The monoisotopic (exact) mass is 237 g/mol. The van der Waals surface area contributed by atoms with Crippen LogP contribution in [0, 0.1) is 0 Å². The highest BCUT2D eigenvalue weighted by Crippen LogP contribution is 2.31. The SMILES string of the molecule is [N-]=[N+]=NC1C(O)CCC1n1ccc(=O)[nH]c1=O. The number of aromatic nitrogens is 2. The number of azide groups is 1. The van der Waals surface area contributed by atoms with Gasteiger partial charge in [-0.15, -0.1) is 0 Å². The molecule has 0 saturated heterocycles. The quantitative estimate of drug-likeness (QED) is 0.424. The van der Waals surface area contributed by atoms with E-state index >= 15 is 0 Å². The van der Waals surface area contributed by atoms with E-state index in [1.165, 1.54) is 16.8 Å². The van der Waals surface area contributed by atoms with Crippen LogP contribution in [0.2, 0.25) is 0 Å². The second-order valence-corrected chi connectivity index (χ2v) is 3.92. The van der Waals surface area contributed by atoms with E-state index in [0.717, 1.165) is 0 Å². The Morgan fingerprint density at radius 1 is 1.53 bits per heavy atom. The number of aromatic amines is 1. The molecule has 1 heterocycles. The lowest BCUT2D eigenvalue weighted by Gasteiger charge is -2.18. The maximum absolute atomic E-state index is 11.6. The Labute approximate surface area is 95.2 Å². The molecule has 0 radical (unpaired) electrons. The maximum atomic E-state index is 11.6. The minimum Gasteiger partial charge on any atom is -0.393 e. The summed E-state index contributed by atoms with van der Waals surface area (Å²) in [5.74, 6) is 0. The zero-order valence-corrected chi connectivity index (χ0v) is 8.85. The highest BCUT2D eigenvalue weighted by atomic mass is 16.3. The van der Waals surface area contributed by atoms with Gasteiger partial charge in [0.15, 0.2) is 0 Å². The van der Waals surface area contributed by atoms with Gasteiger partial charge in [-0.25, -0.2) is 4.79 Å². The van der Waals surface area contributed by atoms with Crippen molar-refractivity contribution in [1.82, 2.24) is 9.55 Å². The molecule has 2 rings (SSSR count). The van der Waals surface area contributed by atoms with Crippen molar-refractivity contribution in [3.63, 3.8) is 0 Å². The number of aliphatic hydroxyl groups is 1. The molecule has 8 nitrogen and oxygen atoms in total. The summed E-state index contributed by atoms with van der Waals surface area (Å²) in [6.07, 6.45) is 1.58. The molecule has 0 spiro atoms. The van der Waals surface area contributed by atoms with Gasteiger partial charge in [-0.3, -0.25) is 14.3 Å². The first-order chi connectivity index (χ1) is 8.13. The van der Waals surface area contributed by atoms with E-state index in [9.17, 15) is 14.7 Å². The molecule has 3 atom stereocenters. The van der Waals surface area contributed by atoms with E-state index in [1.54, 1.807) is 0 Å². The summed E-state index contributed by atoms with van der Waals surface area (Å²) < 4.78 is 1.29. The van der Waals surface area contributed by atoms with E-state index in [0.29, 0.717) is 12.8 Å². The second kappa shape index (κ2) is 4.44. The molecule has 2 N–H and O–H groups in total. The van der Waals surface area contributed by atoms with Gasteiger partial charge in [-0.1, -0.05) is 5.11 Å². The molecule has 0 amide bonds. The molecule has 0 aliphatic heterocycles.